The summed E-state index contributed by atoms with van der Waals surface area (Å²) < 4.78 is 0. The number of pyridine rings is 1. The van der Waals surface area contributed by atoms with Crippen molar-refractivity contribution < 1.29 is 4.79 Å². The highest BCUT2D eigenvalue weighted by atomic mass is 16.2. The molecule has 4 nitrogen and oxygen atoms in total. The lowest BCUT2D eigenvalue weighted by Crippen LogP contribution is -2.48. The maximum absolute atomic E-state index is 12.6. The SMILES string of the molecule is Cc1ccc(C(=O)N2CCN(Cc3ccccn3)CC2)cc1C. The molecule has 0 atom stereocenters. The van der Waals surface area contributed by atoms with Gasteiger partial charge in [-0.3, -0.25) is 14.7 Å². The number of piperazine rings is 1. The molecule has 120 valence electrons. The monoisotopic (exact) mass is 309 g/mol. The minimum Gasteiger partial charge on any atom is -0.336 e. The van der Waals surface area contributed by atoms with Gasteiger partial charge >= 0.3 is 0 Å². The zero-order chi connectivity index (χ0) is 16.2. The molecule has 1 aliphatic heterocycles. The zero-order valence-corrected chi connectivity index (χ0v) is 13.8. The minimum atomic E-state index is 0.144. The third-order valence-corrected chi connectivity index (χ3v) is 4.53. The van der Waals surface area contributed by atoms with Gasteiger partial charge in [0.05, 0.1) is 5.69 Å². The van der Waals surface area contributed by atoms with E-state index in [9.17, 15) is 4.79 Å². The van der Waals surface area contributed by atoms with Crippen LogP contribution in [0.15, 0.2) is 42.6 Å². The number of rotatable bonds is 3. The fourth-order valence-electron chi connectivity index (χ4n) is 2.89. The first kappa shape index (κ1) is 15.7. The van der Waals surface area contributed by atoms with E-state index < -0.39 is 0 Å². The Morgan fingerprint density at radius 3 is 2.48 bits per heavy atom. The largest absolute Gasteiger partial charge is 0.336 e. The molecule has 0 radical (unpaired) electrons. The third-order valence-electron chi connectivity index (χ3n) is 4.53. The van der Waals surface area contributed by atoms with Crippen molar-refractivity contribution in [3.05, 3.63) is 65.0 Å². The first-order valence-electron chi connectivity index (χ1n) is 8.12. The predicted octanol–water partition coefficient (Wildman–Crippen LogP) is 2.66. The molecule has 0 bridgehead atoms. The highest BCUT2D eigenvalue weighted by molar-refractivity contribution is 5.94. The molecule has 4 heteroatoms. The molecule has 23 heavy (non-hydrogen) atoms. The van der Waals surface area contributed by atoms with Gasteiger partial charge in [-0.05, 0) is 49.2 Å². The van der Waals surface area contributed by atoms with Gasteiger partial charge in [0, 0.05) is 44.5 Å². The molecule has 1 fully saturated rings. The third kappa shape index (κ3) is 3.77. The number of aryl methyl sites for hydroxylation is 2. The van der Waals surface area contributed by atoms with Crippen molar-refractivity contribution in [3.8, 4) is 0 Å². The van der Waals surface area contributed by atoms with E-state index >= 15 is 0 Å². The van der Waals surface area contributed by atoms with Gasteiger partial charge in [-0.25, -0.2) is 0 Å². The molecular weight excluding hydrogens is 286 g/mol. The molecule has 1 amide bonds. The van der Waals surface area contributed by atoms with Crippen molar-refractivity contribution in [3.63, 3.8) is 0 Å². The predicted molar refractivity (Wildman–Crippen MR) is 91.3 cm³/mol. The second kappa shape index (κ2) is 6.92. The van der Waals surface area contributed by atoms with E-state index in [0.717, 1.165) is 44.0 Å². The second-order valence-electron chi connectivity index (χ2n) is 6.19. The second-order valence-corrected chi connectivity index (χ2v) is 6.19. The number of hydrogen-bond acceptors (Lipinski definition) is 3. The lowest BCUT2D eigenvalue weighted by molar-refractivity contribution is 0.0627. The Bertz CT molecular complexity index is 676. The number of nitrogens with zero attached hydrogens (tertiary/aromatic N) is 3. The average molecular weight is 309 g/mol. The van der Waals surface area contributed by atoms with Crippen molar-refractivity contribution in [1.29, 1.82) is 0 Å². The summed E-state index contributed by atoms with van der Waals surface area (Å²) in [6, 6.07) is 12.0. The lowest BCUT2D eigenvalue weighted by Gasteiger charge is -2.34. The van der Waals surface area contributed by atoms with Crippen LogP contribution in [0.4, 0.5) is 0 Å². The highest BCUT2D eigenvalue weighted by Crippen LogP contribution is 2.14. The molecule has 1 saturated heterocycles. The first-order valence-corrected chi connectivity index (χ1v) is 8.12. The topological polar surface area (TPSA) is 36.4 Å². The molecule has 2 heterocycles. The van der Waals surface area contributed by atoms with Crippen LogP contribution in [0, 0.1) is 13.8 Å². The number of carbonyl (C=O) groups excluding carboxylic acids is 1. The van der Waals surface area contributed by atoms with Gasteiger partial charge < -0.3 is 4.90 Å². The van der Waals surface area contributed by atoms with Gasteiger partial charge in [0.2, 0.25) is 0 Å². The van der Waals surface area contributed by atoms with Crippen LogP contribution in [0.2, 0.25) is 0 Å². The van der Waals surface area contributed by atoms with Crippen LogP contribution in [-0.2, 0) is 6.54 Å². The minimum absolute atomic E-state index is 0.144. The van der Waals surface area contributed by atoms with Crippen molar-refractivity contribution >= 4 is 5.91 Å². The number of amides is 1. The summed E-state index contributed by atoms with van der Waals surface area (Å²) in [5.41, 5.74) is 4.28. The molecule has 1 aliphatic rings. The summed E-state index contributed by atoms with van der Waals surface area (Å²) in [6.07, 6.45) is 1.83. The molecule has 0 aliphatic carbocycles. The van der Waals surface area contributed by atoms with E-state index in [0.29, 0.717) is 0 Å². The summed E-state index contributed by atoms with van der Waals surface area (Å²) >= 11 is 0. The quantitative estimate of drug-likeness (QED) is 0.874. The molecule has 3 rings (SSSR count). The van der Waals surface area contributed by atoms with E-state index in [2.05, 4.69) is 23.7 Å². The Kier molecular flexibility index (Phi) is 4.72. The average Bonchev–Trinajstić information content (AvgIpc) is 2.58. The Hall–Kier alpha value is -2.20. The number of benzene rings is 1. The summed E-state index contributed by atoms with van der Waals surface area (Å²) in [6.45, 7) is 8.32. The molecular formula is C19H23N3O. The Labute approximate surface area is 137 Å². The number of hydrogen-bond donors (Lipinski definition) is 0. The number of aromatic nitrogens is 1. The molecule has 0 spiro atoms. The van der Waals surface area contributed by atoms with Crippen LogP contribution in [0.25, 0.3) is 0 Å². The van der Waals surface area contributed by atoms with Crippen molar-refractivity contribution in [2.45, 2.75) is 20.4 Å². The smallest absolute Gasteiger partial charge is 0.253 e. The normalized spacial score (nSPS) is 15.7. The van der Waals surface area contributed by atoms with E-state index in [-0.39, 0.29) is 5.91 Å². The van der Waals surface area contributed by atoms with Crippen molar-refractivity contribution in [2.24, 2.45) is 0 Å². The molecule has 2 aromatic rings. The Balaban J connectivity index is 1.58. The van der Waals surface area contributed by atoms with Crippen molar-refractivity contribution in [2.75, 3.05) is 26.2 Å². The van der Waals surface area contributed by atoms with Crippen LogP contribution in [-0.4, -0.2) is 46.9 Å². The highest BCUT2D eigenvalue weighted by Gasteiger charge is 2.22. The van der Waals surface area contributed by atoms with Crippen LogP contribution >= 0.6 is 0 Å². The van der Waals surface area contributed by atoms with Crippen LogP contribution in [0.3, 0.4) is 0 Å². The van der Waals surface area contributed by atoms with Crippen LogP contribution in [0.5, 0.6) is 0 Å². The maximum atomic E-state index is 12.6. The van der Waals surface area contributed by atoms with Gasteiger partial charge in [-0.1, -0.05) is 12.1 Å². The molecule has 1 aromatic carbocycles. The molecule has 1 aromatic heterocycles. The first-order chi connectivity index (χ1) is 11.1. The van der Waals surface area contributed by atoms with Gasteiger partial charge in [-0.15, -0.1) is 0 Å². The standard InChI is InChI=1S/C19H23N3O/c1-15-6-7-17(13-16(15)2)19(23)22-11-9-21(10-12-22)14-18-5-3-4-8-20-18/h3-8,13H,9-12,14H2,1-2H3. The van der Waals surface area contributed by atoms with Gasteiger partial charge in [0.1, 0.15) is 0 Å². The van der Waals surface area contributed by atoms with E-state index in [1.807, 2.05) is 47.5 Å². The zero-order valence-electron chi connectivity index (χ0n) is 13.8. The van der Waals surface area contributed by atoms with Gasteiger partial charge in [0.15, 0.2) is 0 Å². The summed E-state index contributed by atoms with van der Waals surface area (Å²) in [5.74, 6) is 0.144. The number of carbonyl (C=O) groups is 1. The molecule has 0 N–H and O–H groups in total. The summed E-state index contributed by atoms with van der Waals surface area (Å²) in [4.78, 5) is 21.3. The molecule has 0 unspecified atom stereocenters. The summed E-state index contributed by atoms with van der Waals surface area (Å²) in [7, 11) is 0. The summed E-state index contributed by atoms with van der Waals surface area (Å²) in [5, 5.41) is 0. The fraction of sp³-hybridized carbons (Fsp3) is 0.368. The van der Waals surface area contributed by atoms with E-state index in [1.165, 1.54) is 11.1 Å². The van der Waals surface area contributed by atoms with Gasteiger partial charge in [0.25, 0.3) is 5.91 Å². The lowest BCUT2D eigenvalue weighted by atomic mass is 10.1. The van der Waals surface area contributed by atoms with Crippen molar-refractivity contribution in [1.82, 2.24) is 14.8 Å². The van der Waals surface area contributed by atoms with Gasteiger partial charge in [-0.2, -0.15) is 0 Å². The fourth-order valence-corrected chi connectivity index (χ4v) is 2.89. The Morgan fingerprint density at radius 2 is 1.83 bits per heavy atom. The van der Waals surface area contributed by atoms with Crippen LogP contribution in [0.1, 0.15) is 27.2 Å². The van der Waals surface area contributed by atoms with E-state index in [1.54, 1.807) is 0 Å². The van der Waals surface area contributed by atoms with E-state index in [4.69, 9.17) is 0 Å². The maximum Gasteiger partial charge on any atom is 0.253 e. The Morgan fingerprint density at radius 1 is 1.04 bits per heavy atom. The van der Waals surface area contributed by atoms with Crippen LogP contribution < -0.4 is 0 Å². The molecule has 0 saturated carbocycles.